The lowest BCUT2D eigenvalue weighted by molar-refractivity contribution is -0.114. The molecule has 6 nitrogen and oxygen atoms in total. The van der Waals surface area contributed by atoms with Gasteiger partial charge in [-0.2, -0.15) is 0 Å². The van der Waals surface area contributed by atoms with Gasteiger partial charge in [-0.1, -0.05) is 12.1 Å². The van der Waals surface area contributed by atoms with Crippen LogP contribution < -0.4 is 16.0 Å². The molecule has 24 heavy (non-hydrogen) atoms. The number of benzene rings is 1. The van der Waals surface area contributed by atoms with E-state index in [9.17, 15) is 4.79 Å². The molecule has 0 saturated heterocycles. The van der Waals surface area contributed by atoms with Crippen LogP contribution >= 0.6 is 11.3 Å². The van der Waals surface area contributed by atoms with Gasteiger partial charge in [-0.05, 0) is 24.6 Å². The normalized spacial score (nSPS) is 11.2. The Morgan fingerprint density at radius 3 is 2.83 bits per heavy atom. The maximum atomic E-state index is 11.1. The quantitative estimate of drug-likeness (QED) is 0.555. The van der Waals surface area contributed by atoms with Crippen LogP contribution in [0.1, 0.15) is 22.4 Å². The first-order chi connectivity index (χ1) is 11.6. The highest BCUT2D eigenvalue weighted by Gasteiger charge is 2.02. The lowest BCUT2D eigenvalue weighted by Gasteiger charge is -2.12. The van der Waals surface area contributed by atoms with E-state index in [-0.39, 0.29) is 5.91 Å². The molecule has 0 spiro atoms. The van der Waals surface area contributed by atoms with Crippen LogP contribution in [0.2, 0.25) is 0 Å². The van der Waals surface area contributed by atoms with Gasteiger partial charge < -0.3 is 16.0 Å². The summed E-state index contributed by atoms with van der Waals surface area (Å²) >= 11 is 1.72. The summed E-state index contributed by atoms with van der Waals surface area (Å²) in [6.07, 6.45) is 2.77. The molecule has 128 valence electrons. The summed E-state index contributed by atoms with van der Waals surface area (Å²) in [6.45, 7) is 4.97. The van der Waals surface area contributed by atoms with Crippen LogP contribution in [0.15, 0.2) is 35.5 Å². The Kier molecular flexibility index (Phi) is 6.74. The zero-order valence-corrected chi connectivity index (χ0v) is 15.0. The summed E-state index contributed by atoms with van der Waals surface area (Å²) in [7, 11) is 1.75. The summed E-state index contributed by atoms with van der Waals surface area (Å²) < 4.78 is 0. The van der Waals surface area contributed by atoms with Crippen molar-refractivity contribution in [3.8, 4) is 0 Å². The van der Waals surface area contributed by atoms with E-state index in [0.29, 0.717) is 6.54 Å². The van der Waals surface area contributed by atoms with Gasteiger partial charge in [0.15, 0.2) is 5.96 Å². The smallest absolute Gasteiger partial charge is 0.221 e. The molecule has 2 aromatic rings. The second-order valence-corrected chi connectivity index (χ2v) is 6.67. The summed E-state index contributed by atoms with van der Waals surface area (Å²) in [5.74, 6) is 0.670. The SMILES string of the molecule is CN=C(NCCc1ncc(C)s1)NCc1cccc(NC(C)=O)c1. The van der Waals surface area contributed by atoms with Crippen molar-refractivity contribution >= 4 is 28.9 Å². The van der Waals surface area contributed by atoms with Crippen LogP contribution in [0.4, 0.5) is 5.69 Å². The third kappa shape index (κ3) is 6.00. The number of anilines is 1. The minimum atomic E-state index is -0.0741. The molecule has 7 heteroatoms. The predicted molar refractivity (Wildman–Crippen MR) is 99.5 cm³/mol. The van der Waals surface area contributed by atoms with Crippen molar-refractivity contribution in [1.82, 2.24) is 15.6 Å². The lowest BCUT2D eigenvalue weighted by Crippen LogP contribution is -2.37. The van der Waals surface area contributed by atoms with Crippen molar-refractivity contribution in [3.05, 3.63) is 45.9 Å². The molecule has 0 unspecified atom stereocenters. The van der Waals surface area contributed by atoms with Crippen molar-refractivity contribution in [3.63, 3.8) is 0 Å². The van der Waals surface area contributed by atoms with Gasteiger partial charge in [-0.3, -0.25) is 9.79 Å². The van der Waals surface area contributed by atoms with Gasteiger partial charge in [0, 0.05) is 50.2 Å². The molecule has 0 atom stereocenters. The van der Waals surface area contributed by atoms with Crippen LogP contribution in [0.3, 0.4) is 0 Å². The van der Waals surface area contributed by atoms with Crippen molar-refractivity contribution < 1.29 is 4.79 Å². The van der Waals surface area contributed by atoms with E-state index in [2.05, 4.69) is 32.9 Å². The summed E-state index contributed by atoms with van der Waals surface area (Å²) in [4.78, 5) is 20.9. The third-order valence-corrected chi connectivity index (χ3v) is 4.20. The molecule has 0 aliphatic rings. The molecule has 0 fully saturated rings. The number of carbonyl (C=O) groups excluding carboxylic acids is 1. The Morgan fingerprint density at radius 1 is 1.33 bits per heavy atom. The minimum Gasteiger partial charge on any atom is -0.356 e. The molecule has 0 bridgehead atoms. The van der Waals surface area contributed by atoms with Gasteiger partial charge in [-0.25, -0.2) is 4.98 Å². The number of hydrogen-bond acceptors (Lipinski definition) is 4. The number of aromatic nitrogens is 1. The largest absolute Gasteiger partial charge is 0.356 e. The number of aliphatic imine (C=N–C) groups is 1. The number of thiazole rings is 1. The van der Waals surface area contributed by atoms with Gasteiger partial charge in [0.1, 0.15) is 0 Å². The second-order valence-electron chi connectivity index (χ2n) is 5.35. The van der Waals surface area contributed by atoms with E-state index >= 15 is 0 Å². The highest BCUT2D eigenvalue weighted by atomic mass is 32.1. The monoisotopic (exact) mass is 345 g/mol. The Morgan fingerprint density at radius 2 is 2.17 bits per heavy atom. The number of rotatable bonds is 6. The standard InChI is InChI=1S/C17H23N5OS/c1-12-10-20-16(24-12)7-8-19-17(18-3)21-11-14-5-4-6-15(9-14)22-13(2)23/h4-6,9-10H,7-8,11H2,1-3H3,(H,22,23)(H2,18,19,21). The van der Waals surface area contributed by atoms with Crippen LogP contribution in [-0.2, 0) is 17.8 Å². The molecule has 0 aliphatic heterocycles. The Labute approximate surface area is 146 Å². The highest BCUT2D eigenvalue weighted by Crippen LogP contribution is 2.11. The van der Waals surface area contributed by atoms with Gasteiger partial charge in [0.25, 0.3) is 0 Å². The van der Waals surface area contributed by atoms with Crippen molar-refractivity contribution in [2.45, 2.75) is 26.8 Å². The molecule has 1 heterocycles. The van der Waals surface area contributed by atoms with Crippen LogP contribution in [0.25, 0.3) is 0 Å². The number of hydrogen-bond donors (Lipinski definition) is 3. The third-order valence-electron chi connectivity index (χ3n) is 3.23. The molecule has 1 aromatic heterocycles. The molecule has 0 radical (unpaired) electrons. The van der Waals surface area contributed by atoms with Crippen LogP contribution in [0.5, 0.6) is 0 Å². The fraction of sp³-hybridized carbons (Fsp3) is 0.353. The van der Waals surface area contributed by atoms with Gasteiger partial charge >= 0.3 is 0 Å². The summed E-state index contributed by atoms with van der Waals surface area (Å²) in [5.41, 5.74) is 1.86. The van der Waals surface area contributed by atoms with Crippen LogP contribution in [-0.4, -0.2) is 30.4 Å². The van der Waals surface area contributed by atoms with Gasteiger partial charge in [0.05, 0.1) is 5.01 Å². The van der Waals surface area contributed by atoms with Gasteiger partial charge in [0.2, 0.25) is 5.91 Å². The number of amides is 1. The molecule has 3 N–H and O–H groups in total. The zero-order chi connectivity index (χ0) is 17.4. The summed E-state index contributed by atoms with van der Waals surface area (Å²) in [6, 6.07) is 7.74. The van der Waals surface area contributed by atoms with Crippen LogP contribution in [0, 0.1) is 6.92 Å². The predicted octanol–water partition coefficient (Wildman–Crippen LogP) is 2.32. The molecule has 1 amide bonds. The minimum absolute atomic E-state index is 0.0741. The van der Waals surface area contributed by atoms with E-state index in [1.165, 1.54) is 11.8 Å². The molecule has 1 aromatic carbocycles. The Hall–Kier alpha value is -2.41. The van der Waals surface area contributed by atoms with Gasteiger partial charge in [-0.15, -0.1) is 11.3 Å². The fourth-order valence-corrected chi connectivity index (χ4v) is 2.96. The maximum absolute atomic E-state index is 11.1. The first-order valence-corrected chi connectivity index (χ1v) is 8.61. The number of nitrogens with zero attached hydrogens (tertiary/aromatic N) is 2. The van der Waals surface area contributed by atoms with E-state index in [1.807, 2.05) is 30.5 Å². The second kappa shape index (κ2) is 9.02. The fourth-order valence-electron chi connectivity index (χ4n) is 2.17. The summed E-state index contributed by atoms with van der Waals surface area (Å²) in [5, 5.41) is 10.5. The Balaban J connectivity index is 1.79. The number of carbonyl (C=O) groups is 1. The molecular formula is C17H23N5OS. The van der Waals surface area contributed by atoms with E-state index in [4.69, 9.17) is 0 Å². The molecule has 2 rings (SSSR count). The molecule has 0 saturated carbocycles. The molecule has 0 aliphatic carbocycles. The first kappa shape index (κ1) is 17.9. The first-order valence-electron chi connectivity index (χ1n) is 7.79. The average Bonchev–Trinajstić information content (AvgIpc) is 2.96. The highest BCUT2D eigenvalue weighted by molar-refractivity contribution is 7.11. The Bertz CT molecular complexity index is 711. The molecular weight excluding hydrogens is 322 g/mol. The number of aryl methyl sites for hydroxylation is 1. The van der Waals surface area contributed by atoms with E-state index < -0.39 is 0 Å². The van der Waals surface area contributed by atoms with Crippen molar-refractivity contribution in [2.75, 3.05) is 18.9 Å². The average molecular weight is 345 g/mol. The number of guanidine groups is 1. The van der Waals surface area contributed by atoms with E-state index in [1.54, 1.807) is 18.4 Å². The zero-order valence-electron chi connectivity index (χ0n) is 14.2. The topological polar surface area (TPSA) is 78.4 Å². The van der Waals surface area contributed by atoms with E-state index in [0.717, 1.165) is 35.2 Å². The number of nitrogens with one attached hydrogen (secondary N) is 3. The maximum Gasteiger partial charge on any atom is 0.221 e. The van der Waals surface area contributed by atoms with Crippen molar-refractivity contribution in [1.29, 1.82) is 0 Å². The lowest BCUT2D eigenvalue weighted by atomic mass is 10.2. The van der Waals surface area contributed by atoms with Crippen molar-refractivity contribution in [2.24, 2.45) is 4.99 Å².